The van der Waals surface area contributed by atoms with E-state index in [1.54, 1.807) is 7.11 Å². The minimum Gasteiger partial charge on any atom is -0.497 e. The lowest BCUT2D eigenvalue weighted by Crippen LogP contribution is -2.33. The van der Waals surface area contributed by atoms with Crippen LogP contribution < -0.4 is 4.74 Å². The van der Waals surface area contributed by atoms with Crippen molar-refractivity contribution >= 4 is 27.7 Å². The van der Waals surface area contributed by atoms with Crippen LogP contribution in [-0.4, -0.2) is 29.0 Å². The fourth-order valence-corrected chi connectivity index (χ4v) is 4.36. The van der Waals surface area contributed by atoms with Crippen LogP contribution in [0.4, 0.5) is 0 Å². The summed E-state index contributed by atoms with van der Waals surface area (Å²) in [5, 5.41) is 2.50. The summed E-state index contributed by atoms with van der Waals surface area (Å²) in [7, 11) is 1.62. The van der Waals surface area contributed by atoms with Crippen molar-refractivity contribution in [1.29, 1.82) is 0 Å². The maximum absolute atomic E-state index is 13.3. The molecule has 0 aliphatic heterocycles. The number of aryl methyl sites for hydroxylation is 1. The zero-order valence-corrected chi connectivity index (χ0v) is 18.8. The zero-order valence-electron chi connectivity index (χ0n) is 18.8. The normalized spacial score (nSPS) is 11.4. The second-order valence-electron chi connectivity index (χ2n) is 8.42. The predicted molar refractivity (Wildman–Crippen MR) is 128 cm³/mol. The third-order valence-corrected chi connectivity index (χ3v) is 5.72. The molecule has 1 aromatic heterocycles. The molecule has 4 aromatic rings. The van der Waals surface area contributed by atoms with Crippen molar-refractivity contribution in [3.63, 3.8) is 0 Å². The Kier molecular flexibility index (Phi) is 5.99. The van der Waals surface area contributed by atoms with Gasteiger partial charge in [0.15, 0.2) is 0 Å². The molecule has 0 radical (unpaired) electrons. The van der Waals surface area contributed by atoms with Crippen molar-refractivity contribution in [2.45, 2.75) is 33.9 Å². The van der Waals surface area contributed by atoms with E-state index in [9.17, 15) is 4.79 Å². The summed E-state index contributed by atoms with van der Waals surface area (Å²) in [5.41, 5.74) is 4.29. The highest BCUT2D eigenvalue weighted by Gasteiger charge is 2.19. The van der Waals surface area contributed by atoms with Gasteiger partial charge in [-0.1, -0.05) is 44.2 Å². The first-order chi connectivity index (χ1) is 15.0. The third-order valence-electron chi connectivity index (χ3n) is 5.72. The molecule has 4 nitrogen and oxygen atoms in total. The van der Waals surface area contributed by atoms with E-state index in [4.69, 9.17) is 4.74 Å². The molecular weight excluding hydrogens is 384 g/mol. The molecule has 0 bridgehead atoms. The van der Waals surface area contributed by atoms with Crippen molar-refractivity contribution in [2.75, 3.05) is 13.7 Å². The summed E-state index contributed by atoms with van der Waals surface area (Å²) < 4.78 is 7.66. The van der Waals surface area contributed by atoms with Gasteiger partial charge in [0.1, 0.15) is 5.75 Å². The van der Waals surface area contributed by atoms with Gasteiger partial charge in [-0.05, 0) is 54.8 Å². The number of hydrogen-bond acceptors (Lipinski definition) is 2. The van der Waals surface area contributed by atoms with Crippen LogP contribution in [0.25, 0.3) is 21.8 Å². The van der Waals surface area contributed by atoms with Crippen LogP contribution in [0.15, 0.2) is 66.7 Å². The highest BCUT2D eigenvalue weighted by molar-refractivity contribution is 6.08. The summed E-state index contributed by atoms with van der Waals surface area (Å²) >= 11 is 0. The number of nitrogens with zero attached hydrogens (tertiary/aromatic N) is 2. The second-order valence-corrected chi connectivity index (χ2v) is 8.42. The first kappa shape index (κ1) is 21.0. The Morgan fingerprint density at radius 2 is 1.74 bits per heavy atom. The number of carbonyl (C=O) groups is 1. The van der Waals surface area contributed by atoms with Gasteiger partial charge < -0.3 is 14.2 Å². The fraction of sp³-hybridized carbons (Fsp3) is 0.296. The molecule has 0 saturated carbocycles. The van der Waals surface area contributed by atoms with E-state index in [1.165, 1.54) is 21.8 Å². The summed E-state index contributed by atoms with van der Waals surface area (Å²) in [6.45, 7) is 8.67. The molecule has 0 aliphatic carbocycles. The minimum atomic E-state index is 0.0312. The van der Waals surface area contributed by atoms with Gasteiger partial charge >= 0.3 is 0 Å². The van der Waals surface area contributed by atoms with Crippen LogP contribution in [0.2, 0.25) is 0 Å². The van der Waals surface area contributed by atoms with E-state index in [2.05, 4.69) is 67.8 Å². The van der Waals surface area contributed by atoms with Crippen LogP contribution in [0.3, 0.4) is 0 Å². The van der Waals surface area contributed by atoms with Crippen LogP contribution in [0, 0.1) is 5.92 Å². The van der Waals surface area contributed by atoms with Gasteiger partial charge in [-0.25, -0.2) is 0 Å². The Morgan fingerprint density at radius 1 is 0.968 bits per heavy atom. The lowest BCUT2D eigenvalue weighted by atomic mass is 10.1. The average molecular weight is 415 g/mol. The standard InChI is InChI=1S/C27H30N2O2/c1-5-29-25-12-7-6-11-23(25)24-15-20(13-14-26(24)29)18-28(17-19(2)3)27(30)21-9-8-10-22(16-21)31-4/h6-16,19H,5,17-18H2,1-4H3. The van der Waals surface area contributed by atoms with E-state index >= 15 is 0 Å². The van der Waals surface area contributed by atoms with Gasteiger partial charge in [-0.3, -0.25) is 4.79 Å². The topological polar surface area (TPSA) is 34.5 Å². The summed E-state index contributed by atoms with van der Waals surface area (Å²) in [4.78, 5) is 15.3. The largest absolute Gasteiger partial charge is 0.497 e. The number of aromatic nitrogens is 1. The monoisotopic (exact) mass is 414 g/mol. The summed E-state index contributed by atoms with van der Waals surface area (Å²) in [5.74, 6) is 1.10. The van der Waals surface area contributed by atoms with Crippen molar-refractivity contribution in [2.24, 2.45) is 5.92 Å². The van der Waals surface area contributed by atoms with Crippen molar-refractivity contribution in [1.82, 2.24) is 9.47 Å². The van der Waals surface area contributed by atoms with Crippen LogP contribution in [0.5, 0.6) is 5.75 Å². The molecule has 4 rings (SSSR count). The Morgan fingerprint density at radius 3 is 2.48 bits per heavy atom. The Bertz CT molecular complexity index is 1220. The van der Waals surface area contributed by atoms with E-state index in [-0.39, 0.29) is 5.91 Å². The maximum atomic E-state index is 13.3. The second kappa shape index (κ2) is 8.84. The predicted octanol–water partition coefficient (Wildman–Crippen LogP) is 6.12. The number of methoxy groups -OCH3 is 1. The number of hydrogen-bond donors (Lipinski definition) is 0. The smallest absolute Gasteiger partial charge is 0.254 e. The molecule has 160 valence electrons. The average Bonchev–Trinajstić information content (AvgIpc) is 3.11. The molecule has 0 unspecified atom stereocenters. The number of carbonyl (C=O) groups excluding carboxylic acids is 1. The molecule has 4 heteroatoms. The van der Waals surface area contributed by atoms with Gasteiger partial charge in [0.2, 0.25) is 0 Å². The first-order valence-electron chi connectivity index (χ1n) is 10.9. The highest BCUT2D eigenvalue weighted by atomic mass is 16.5. The first-order valence-corrected chi connectivity index (χ1v) is 10.9. The Balaban J connectivity index is 1.71. The molecule has 0 fully saturated rings. The van der Waals surface area contributed by atoms with E-state index in [0.29, 0.717) is 30.3 Å². The molecule has 0 N–H and O–H groups in total. The number of amides is 1. The molecule has 1 amide bonds. The van der Waals surface area contributed by atoms with Crippen molar-refractivity contribution in [3.05, 3.63) is 77.9 Å². The highest BCUT2D eigenvalue weighted by Crippen LogP contribution is 2.30. The quantitative estimate of drug-likeness (QED) is 0.365. The third kappa shape index (κ3) is 4.15. The van der Waals surface area contributed by atoms with Gasteiger partial charge in [-0.15, -0.1) is 0 Å². The Labute approximate surface area is 184 Å². The van der Waals surface area contributed by atoms with Crippen molar-refractivity contribution < 1.29 is 9.53 Å². The number of fused-ring (bicyclic) bond motifs is 3. The van der Waals surface area contributed by atoms with Gasteiger partial charge in [-0.2, -0.15) is 0 Å². The summed E-state index contributed by atoms with van der Waals surface area (Å²) in [6.07, 6.45) is 0. The lowest BCUT2D eigenvalue weighted by Gasteiger charge is -2.25. The molecule has 3 aromatic carbocycles. The number of para-hydroxylation sites is 1. The van der Waals surface area contributed by atoms with Gasteiger partial charge in [0.25, 0.3) is 5.91 Å². The van der Waals surface area contributed by atoms with Crippen LogP contribution >= 0.6 is 0 Å². The Hall–Kier alpha value is -3.27. The number of benzene rings is 3. The fourth-order valence-electron chi connectivity index (χ4n) is 4.36. The molecule has 0 aliphatic rings. The SMILES string of the molecule is CCn1c2ccccc2c2cc(CN(CC(C)C)C(=O)c3cccc(OC)c3)ccc21. The molecule has 1 heterocycles. The minimum absolute atomic E-state index is 0.0312. The maximum Gasteiger partial charge on any atom is 0.254 e. The zero-order chi connectivity index (χ0) is 22.0. The molecule has 0 saturated heterocycles. The van der Waals surface area contributed by atoms with Gasteiger partial charge in [0, 0.05) is 47.0 Å². The van der Waals surface area contributed by atoms with E-state index in [0.717, 1.165) is 12.1 Å². The van der Waals surface area contributed by atoms with Crippen LogP contribution in [0.1, 0.15) is 36.7 Å². The molecule has 0 atom stereocenters. The van der Waals surface area contributed by atoms with E-state index < -0.39 is 0 Å². The lowest BCUT2D eigenvalue weighted by molar-refractivity contribution is 0.0722. The molecular formula is C27H30N2O2. The molecule has 31 heavy (non-hydrogen) atoms. The summed E-state index contributed by atoms with van der Waals surface area (Å²) in [6, 6.07) is 22.5. The molecule has 0 spiro atoms. The number of rotatable bonds is 7. The van der Waals surface area contributed by atoms with Crippen molar-refractivity contribution in [3.8, 4) is 5.75 Å². The number of ether oxygens (including phenoxy) is 1. The van der Waals surface area contributed by atoms with E-state index in [1.807, 2.05) is 29.2 Å². The van der Waals surface area contributed by atoms with Crippen LogP contribution in [-0.2, 0) is 13.1 Å². The van der Waals surface area contributed by atoms with Gasteiger partial charge in [0.05, 0.1) is 7.11 Å².